The van der Waals surface area contributed by atoms with Gasteiger partial charge in [0.25, 0.3) is 0 Å². The average Bonchev–Trinajstić information content (AvgIpc) is 3.37. The number of likely N-dealkylation sites (tertiary alicyclic amines) is 1. The van der Waals surface area contributed by atoms with E-state index in [1.54, 1.807) is 16.6 Å². The number of benzene rings is 1. The number of imidazole rings is 1. The zero-order valence-corrected chi connectivity index (χ0v) is 16.5. The van der Waals surface area contributed by atoms with Crippen LogP contribution in [0.4, 0.5) is 9.52 Å². The Balaban J connectivity index is 1.22. The van der Waals surface area contributed by atoms with Gasteiger partial charge in [-0.05, 0) is 49.9 Å². The lowest BCUT2D eigenvalue weighted by Crippen LogP contribution is -2.43. The molecule has 1 aromatic carbocycles. The van der Waals surface area contributed by atoms with Crippen molar-refractivity contribution < 1.29 is 14.0 Å². The van der Waals surface area contributed by atoms with Gasteiger partial charge in [0.2, 0.25) is 21.9 Å². The van der Waals surface area contributed by atoms with E-state index in [4.69, 9.17) is 0 Å². The molecule has 3 heterocycles. The van der Waals surface area contributed by atoms with Crippen LogP contribution in [0.15, 0.2) is 30.5 Å². The molecule has 2 aliphatic rings. The maximum atomic E-state index is 13.1. The largest absolute Gasteiger partial charge is 0.357 e. The van der Waals surface area contributed by atoms with E-state index in [1.807, 2.05) is 6.20 Å². The lowest BCUT2D eigenvalue weighted by molar-refractivity contribution is -0.141. The van der Waals surface area contributed by atoms with E-state index in [0.717, 1.165) is 47.0 Å². The molecule has 7 nitrogen and oxygen atoms in total. The SMILES string of the molecule is O=C1CCC(=O)N1C1CCC(Nc2nn3cc(-c4ccc(F)cc4)nc3s2)CC1. The number of carbonyl (C=O) groups is 2. The first-order valence-corrected chi connectivity index (χ1v) is 10.6. The van der Waals surface area contributed by atoms with E-state index in [1.165, 1.54) is 28.4 Å². The Morgan fingerprint density at radius 1 is 1.03 bits per heavy atom. The van der Waals surface area contributed by atoms with Gasteiger partial charge in [0.1, 0.15) is 5.82 Å². The molecule has 2 amide bonds. The third-order valence-electron chi connectivity index (χ3n) is 5.66. The summed E-state index contributed by atoms with van der Waals surface area (Å²) in [5.74, 6) is -0.318. The van der Waals surface area contributed by atoms with Gasteiger partial charge in [0.05, 0.1) is 11.9 Å². The topological polar surface area (TPSA) is 79.6 Å². The zero-order chi connectivity index (χ0) is 20.0. The van der Waals surface area contributed by atoms with Crippen LogP contribution in [-0.4, -0.2) is 43.4 Å². The van der Waals surface area contributed by atoms with E-state index in [0.29, 0.717) is 12.8 Å². The molecule has 29 heavy (non-hydrogen) atoms. The fraction of sp³-hybridized carbons (Fsp3) is 0.400. The van der Waals surface area contributed by atoms with E-state index < -0.39 is 0 Å². The number of fused-ring (bicyclic) bond motifs is 1. The van der Waals surface area contributed by atoms with Crippen molar-refractivity contribution in [3.05, 3.63) is 36.3 Å². The number of hydrogen-bond donors (Lipinski definition) is 1. The smallest absolute Gasteiger partial charge is 0.229 e. The van der Waals surface area contributed by atoms with Crippen LogP contribution >= 0.6 is 11.3 Å². The molecule has 1 N–H and O–H groups in total. The van der Waals surface area contributed by atoms with E-state index in [2.05, 4.69) is 15.4 Å². The molecule has 0 radical (unpaired) electrons. The minimum Gasteiger partial charge on any atom is -0.357 e. The lowest BCUT2D eigenvalue weighted by Gasteiger charge is -2.33. The predicted octanol–water partition coefficient (Wildman–Crippen LogP) is 3.47. The fourth-order valence-corrected chi connectivity index (χ4v) is 5.03. The van der Waals surface area contributed by atoms with Crippen LogP contribution in [-0.2, 0) is 9.59 Å². The number of halogens is 1. The molecular weight excluding hydrogens is 393 g/mol. The Hall–Kier alpha value is -2.81. The highest BCUT2D eigenvalue weighted by Gasteiger charge is 2.36. The van der Waals surface area contributed by atoms with Crippen LogP contribution in [0.1, 0.15) is 38.5 Å². The van der Waals surface area contributed by atoms with Gasteiger partial charge in [-0.1, -0.05) is 11.3 Å². The number of aromatic nitrogens is 3. The summed E-state index contributed by atoms with van der Waals surface area (Å²) in [5.41, 5.74) is 1.61. The third kappa shape index (κ3) is 3.50. The molecule has 1 aliphatic heterocycles. The van der Waals surface area contributed by atoms with Gasteiger partial charge in [-0.15, -0.1) is 5.10 Å². The molecule has 1 saturated carbocycles. The van der Waals surface area contributed by atoms with Crippen LogP contribution in [0.3, 0.4) is 0 Å². The van der Waals surface area contributed by atoms with Crippen LogP contribution < -0.4 is 5.32 Å². The summed E-state index contributed by atoms with van der Waals surface area (Å²) >= 11 is 1.47. The van der Waals surface area contributed by atoms with Crippen molar-refractivity contribution in [1.82, 2.24) is 19.5 Å². The van der Waals surface area contributed by atoms with Gasteiger partial charge in [-0.25, -0.2) is 13.9 Å². The first-order chi connectivity index (χ1) is 14.1. The normalized spacial score (nSPS) is 22.6. The van der Waals surface area contributed by atoms with Crippen LogP contribution in [0, 0.1) is 5.82 Å². The summed E-state index contributed by atoms with van der Waals surface area (Å²) in [6.07, 6.45) is 5.99. The van der Waals surface area contributed by atoms with Crippen LogP contribution in [0.25, 0.3) is 16.2 Å². The quantitative estimate of drug-likeness (QED) is 0.663. The molecule has 1 aliphatic carbocycles. The molecule has 1 saturated heterocycles. The minimum absolute atomic E-state index is 0.0236. The molecule has 0 spiro atoms. The van der Waals surface area contributed by atoms with Crippen molar-refractivity contribution in [3.8, 4) is 11.3 Å². The molecule has 0 atom stereocenters. The third-order valence-corrected chi connectivity index (χ3v) is 6.52. The molecule has 9 heteroatoms. The Morgan fingerprint density at radius 3 is 2.38 bits per heavy atom. The summed E-state index contributed by atoms with van der Waals surface area (Å²) in [5, 5.41) is 8.83. The number of amides is 2. The van der Waals surface area contributed by atoms with Gasteiger partial charge >= 0.3 is 0 Å². The monoisotopic (exact) mass is 413 g/mol. The Kier molecular flexibility index (Phi) is 4.54. The second-order valence-electron chi connectivity index (χ2n) is 7.57. The van der Waals surface area contributed by atoms with Crippen molar-refractivity contribution in [2.24, 2.45) is 0 Å². The van der Waals surface area contributed by atoms with Gasteiger partial charge in [-0.3, -0.25) is 14.5 Å². The minimum atomic E-state index is -0.271. The first-order valence-electron chi connectivity index (χ1n) is 9.80. The summed E-state index contributed by atoms with van der Waals surface area (Å²) in [7, 11) is 0. The van der Waals surface area contributed by atoms with Gasteiger partial charge < -0.3 is 5.32 Å². The average molecular weight is 413 g/mol. The lowest BCUT2D eigenvalue weighted by atomic mass is 9.90. The van der Waals surface area contributed by atoms with Crippen LogP contribution in [0.2, 0.25) is 0 Å². The second kappa shape index (κ2) is 7.22. The molecular formula is C20H20FN5O2S. The Morgan fingerprint density at radius 2 is 1.72 bits per heavy atom. The highest BCUT2D eigenvalue weighted by Crippen LogP contribution is 2.30. The van der Waals surface area contributed by atoms with Crippen molar-refractivity contribution >= 4 is 33.2 Å². The highest BCUT2D eigenvalue weighted by atomic mass is 32.1. The number of nitrogens with one attached hydrogen (secondary N) is 1. The van der Waals surface area contributed by atoms with Gasteiger partial charge in [0, 0.05) is 30.5 Å². The standard InChI is InChI=1S/C20H20FN5O2S/c21-13-3-1-12(2-4-13)16-11-25-20(23-16)29-19(24-25)22-14-5-7-15(8-6-14)26-17(27)9-10-18(26)28/h1-4,11,14-15H,5-10H2,(H,22,24). The summed E-state index contributed by atoms with van der Waals surface area (Å²) in [6.45, 7) is 0. The van der Waals surface area contributed by atoms with Crippen LogP contribution in [0.5, 0.6) is 0 Å². The number of anilines is 1. The predicted molar refractivity (Wildman–Crippen MR) is 107 cm³/mol. The maximum Gasteiger partial charge on any atom is 0.229 e. The number of imide groups is 1. The van der Waals surface area contributed by atoms with E-state index >= 15 is 0 Å². The number of nitrogens with zero attached hydrogens (tertiary/aromatic N) is 4. The van der Waals surface area contributed by atoms with Crippen molar-refractivity contribution in [1.29, 1.82) is 0 Å². The van der Waals surface area contributed by atoms with Gasteiger partial charge in [0.15, 0.2) is 0 Å². The first kappa shape index (κ1) is 18.2. The van der Waals surface area contributed by atoms with Gasteiger partial charge in [-0.2, -0.15) is 0 Å². The maximum absolute atomic E-state index is 13.1. The van der Waals surface area contributed by atoms with Crippen molar-refractivity contribution in [3.63, 3.8) is 0 Å². The van der Waals surface area contributed by atoms with E-state index in [9.17, 15) is 14.0 Å². The van der Waals surface area contributed by atoms with Crippen molar-refractivity contribution in [2.75, 3.05) is 5.32 Å². The molecule has 150 valence electrons. The molecule has 5 rings (SSSR count). The summed E-state index contributed by atoms with van der Waals surface area (Å²) < 4.78 is 14.8. The molecule has 0 unspecified atom stereocenters. The molecule has 3 aromatic rings. The zero-order valence-electron chi connectivity index (χ0n) is 15.7. The summed E-state index contributed by atoms with van der Waals surface area (Å²) in [4.78, 5) is 30.7. The second-order valence-corrected chi connectivity index (χ2v) is 8.53. The van der Waals surface area contributed by atoms with E-state index in [-0.39, 0.29) is 29.7 Å². The van der Waals surface area contributed by atoms with Crippen molar-refractivity contribution in [2.45, 2.75) is 50.6 Å². The molecule has 0 bridgehead atoms. The molecule has 2 fully saturated rings. The number of rotatable bonds is 4. The Bertz CT molecular complexity index is 1020. The number of carbonyl (C=O) groups excluding carboxylic acids is 2. The Labute approximate surface area is 170 Å². The highest BCUT2D eigenvalue weighted by molar-refractivity contribution is 7.20. The molecule has 2 aromatic heterocycles. The number of hydrogen-bond acceptors (Lipinski definition) is 6. The summed E-state index contributed by atoms with van der Waals surface area (Å²) in [6, 6.07) is 6.56. The fourth-order valence-electron chi connectivity index (χ4n) is 4.17.